The summed E-state index contributed by atoms with van der Waals surface area (Å²) in [5.41, 5.74) is 0.610. The van der Waals surface area contributed by atoms with Crippen molar-refractivity contribution in [1.29, 1.82) is 0 Å². The summed E-state index contributed by atoms with van der Waals surface area (Å²) in [5, 5.41) is 40.7. The lowest BCUT2D eigenvalue weighted by molar-refractivity contribution is -0.0823. The van der Waals surface area contributed by atoms with Crippen LogP contribution in [0.15, 0.2) is 36.2 Å². The smallest absolute Gasteiger partial charge is 0.250 e. The predicted octanol–water partition coefficient (Wildman–Crippen LogP) is -0.600. The number of halogens is 1. The van der Waals surface area contributed by atoms with Gasteiger partial charge in [0.2, 0.25) is 6.35 Å². The summed E-state index contributed by atoms with van der Waals surface area (Å²) >= 11 is 0. The van der Waals surface area contributed by atoms with Crippen molar-refractivity contribution >= 4 is 5.69 Å². The first kappa shape index (κ1) is 16.5. The molecule has 0 spiro atoms. The molecule has 4 unspecified atom stereocenters. The fourth-order valence-corrected chi connectivity index (χ4v) is 1.96. The number of anilines is 1. The molecule has 1 aromatic rings. The minimum atomic E-state index is -1.57. The molecule has 2 rings (SSSR count). The van der Waals surface area contributed by atoms with E-state index in [1.165, 1.54) is 30.5 Å². The van der Waals surface area contributed by atoms with Gasteiger partial charge in [0.1, 0.15) is 29.9 Å². The molecule has 0 aromatic heterocycles. The van der Waals surface area contributed by atoms with Gasteiger partial charge < -0.3 is 35.4 Å². The van der Waals surface area contributed by atoms with Crippen molar-refractivity contribution in [3.05, 3.63) is 42.0 Å². The molecule has 0 radical (unpaired) electrons. The summed E-state index contributed by atoms with van der Waals surface area (Å²) in [6, 6.07) is 5.65. The van der Waals surface area contributed by atoms with Crippen LogP contribution in [0.4, 0.5) is 10.1 Å². The fourth-order valence-electron chi connectivity index (χ4n) is 1.96. The topological polar surface area (TPSA) is 105 Å². The number of hydrogen-bond acceptors (Lipinski definition) is 7. The highest BCUT2D eigenvalue weighted by Crippen LogP contribution is 2.23. The molecule has 7 nitrogen and oxygen atoms in total. The molecule has 122 valence electrons. The van der Waals surface area contributed by atoms with Crippen molar-refractivity contribution in [2.75, 3.05) is 19.0 Å². The van der Waals surface area contributed by atoms with E-state index in [-0.39, 0.29) is 11.6 Å². The minimum absolute atomic E-state index is 0.0436. The van der Waals surface area contributed by atoms with Crippen molar-refractivity contribution < 1.29 is 29.6 Å². The van der Waals surface area contributed by atoms with Crippen LogP contribution in [0, 0.1) is 5.82 Å². The third-order valence-electron chi connectivity index (χ3n) is 3.28. The highest BCUT2D eigenvalue weighted by atomic mass is 19.1. The Morgan fingerprint density at radius 3 is 2.50 bits per heavy atom. The monoisotopic (exact) mass is 314 g/mol. The molecule has 0 aliphatic carbocycles. The van der Waals surface area contributed by atoms with Crippen LogP contribution in [0.1, 0.15) is 0 Å². The highest BCUT2D eigenvalue weighted by molar-refractivity contribution is 5.43. The second-order valence-electron chi connectivity index (χ2n) is 5.00. The van der Waals surface area contributed by atoms with Gasteiger partial charge in [0.05, 0.1) is 6.61 Å². The SMILES string of the molecule is CN1C=C(C(O)C(O)C(O)CO)OC1Nc1ccc(F)cc1. The molecule has 0 bridgehead atoms. The summed E-state index contributed by atoms with van der Waals surface area (Å²) in [5.74, 6) is -0.316. The van der Waals surface area contributed by atoms with E-state index in [9.17, 15) is 19.7 Å². The van der Waals surface area contributed by atoms with E-state index in [4.69, 9.17) is 9.84 Å². The second kappa shape index (κ2) is 6.93. The maximum absolute atomic E-state index is 12.9. The van der Waals surface area contributed by atoms with Gasteiger partial charge >= 0.3 is 0 Å². The Balaban J connectivity index is 1.98. The third kappa shape index (κ3) is 3.66. The van der Waals surface area contributed by atoms with Gasteiger partial charge in [-0.15, -0.1) is 0 Å². The van der Waals surface area contributed by atoms with Gasteiger partial charge in [-0.25, -0.2) is 4.39 Å². The van der Waals surface area contributed by atoms with Gasteiger partial charge in [-0.05, 0) is 24.3 Å². The van der Waals surface area contributed by atoms with Crippen molar-refractivity contribution in [3.63, 3.8) is 0 Å². The Hall–Kier alpha value is -1.87. The van der Waals surface area contributed by atoms with E-state index < -0.39 is 31.3 Å². The average molecular weight is 314 g/mol. The molecular weight excluding hydrogens is 295 g/mol. The Kier molecular flexibility index (Phi) is 5.19. The van der Waals surface area contributed by atoms with E-state index in [2.05, 4.69) is 5.32 Å². The van der Waals surface area contributed by atoms with Crippen LogP contribution in [0.2, 0.25) is 0 Å². The van der Waals surface area contributed by atoms with Gasteiger partial charge in [-0.3, -0.25) is 0 Å². The molecule has 0 saturated carbocycles. The molecule has 1 aromatic carbocycles. The zero-order valence-corrected chi connectivity index (χ0v) is 11.9. The number of hydrogen-bond donors (Lipinski definition) is 5. The lowest BCUT2D eigenvalue weighted by Crippen LogP contribution is -2.41. The quantitative estimate of drug-likeness (QED) is 0.477. The van der Waals surface area contributed by atoms with Gasteiger partial charge in [-0.1, -0.05) is 0 Å². The third-order valence-corrected chi connectivity index (χ3v) is 3.28. The Labute approximate surface area is 126 Å². The van der Waals surface area contributed by atoms with Crippen LogP contribution in [-0.4, -0.2) is 63.6 Å². The normalized spacial score (nSPS) is 21.8. The molecule has 0 fully saturated rings. The summed E-state index contributed by atoms with van der Waals surface area (Å²) < 4.78 is 18.3. The molecule has 0 amide bonds. The summed E-state index contributed by atoms with van der Waals surface area (Å²) in [7, 11) is 1.68. The Morgan fingerprint density at radius 2 is 1.91 bits per heavy atom. The van der Waals surface area contributed by atoms with Crippen molar-refractivity contribution in [3.8, 4) is 0 Å². The van der Waals surface area contributed by atoms with Crippen LogP contribution in [0.3, 0.4) is 0 Å². The first-order valence-corrected chi connectivity index (χ1v) is 6.70. The molecule has 1 aliphatic rings. The molecule has 1 aliphatic heterocycles. The molecule has 0 saturated heterocycles. The summed E-state index contributed by atoms with van der Waals surface area (Å²) in [6.45, 7) is -0.682. The van der Waals surface area contributed by atoms with E-state index in [1.54, 1.807) is 11.9 Å². The number of nitrogens with one attached hydrogen (secondary N) is 1. The zero-order valence-electron chi connectivity index (χ0n) is 11.9. The predicted molar refractivity (Wildman–Crippen MR) is 75.8 cm³/mol. The number of ether oxygens (including phenoxy) is 1. The number of aliphatic hydroxyl groups is 4. The number of aliphatic hydroxyl groups excluding tert-OH is 4. The van der Waals surface area contributed by atoms with E-state index in [1.807, 2.05) is 0 Å². The minimum Gasteiger partial charge on any atom is -0.452 e. The largest absolute Gasteiger partial charge is 0.452 e. The maximum Gasteiger partial charge on any atom is 0.250 e. The van der Waals surface area contributed by atoms with Crippen molar-refractivity contribution in [2.45, 2.75) is 24.7 Å². The first-order chi connectivity index (χ1) is 10.4. The lowest BCUT2D eigenvalue weighted by atomic mass is 10.1. The highest BCUT2D eigenvalue weighted by Gasteiger charge is 2.34. The molecule has 1 heterocycles. The van der Waals surface area contributed by atoms with E-state index in [0.717, 1.165) is 0 Å². The zero-order chi connectivity index (χ0) is 16.3. The standard InChI is InChI=1S/C14H19FN2O5/c1-17-6-11(13(21)12(20)10(19)7-18)22-14(17)16-9-4-2-8(15)3-5-9/h2-6,10,12-14,16,18-21H,7H2,1H3. The van der Waals surface area contributed by atoms with Crippen LogP contribution < -0.4 is 5.32 Å². The molecular formula is C14H19FN2O5. The molecule has 5 N–H and O–H groups in total. The summed E-state index contributed by atoms with van der Waals surface area (Å²) in [4.78, 5) is 1.60. The molecule has 8 heteroatoms. The maximum atomic E-state index is 12.9. The second-order valence-corrected chi connectivity index (χ2v) is 5.00. The van der Waals surface area contributed by atoms with Gasteiger partial charge in [0, 0.05) is 18.9 Å². The summed E-state index contributed by atoms with van der Waals surface area (Å²) in [6.07, 6.45) is -3.74. The lowest BCUT2D eigenvalue weighted by Gasteiger charge is -2.24. The van der Waals surface area contributed by atoms with Crippen LogP contribution in [-0.2, 0) is 4.74 Å². The number of benzene rings is 1. The van der Waals surface area contributed by atoms with Gasteiger partial charge in [-0.2, -0.15) is 0 Å². The van der Waals surface area contributed by atoms with Crippen molar-refractivity contribution in [1.82, 2.24) is 4.90 Å². The van der Waals surface area contributed by atoms with Crippen LogP contribution in [0.5, 0.6) is 0 Å². The number of nitrogens with zero attached hydrogens (tertiary/aromatic N) is 1. The molecule has 4 atom stereocenters. The molecule has 22 heavy (non-hydrogen) atoms. The van der Waals surface area contributed by atoms with Crippen LogP contribution in [0.25, 0.3) is 0 Å². The average Bonchev–Trinajstić information content (AvgIpc) is 2.88. The fraction of sp³-hybridized carbons (Fsp3) is 0.429. The van der Waals surface area contributed by atoms with E-state index >= 15 is 0 Å². The Morgan fingerprint density at radius 1 is 1.27 bits per heavy atom. The number of rotatable bonds is 6. The first-order valence-electron chi connectivity index (χ1n) is 6.70. The Bertz CT molecular complexity index is 524. The van der Waals surface area contributed by atoms with Crippen LogP contribution >= 0.6 is 0 Å². The van der Waals surface area contributed by atoms with Crippen molar-refractivity contribution in [2.24, 2.45) is 0 Å². The van der Waals surface area contributed by atoms with Gasteiger partial charge in [0.25, 0.3) is 0 Å². The van der Waals surface area contributed by atoms with Gasteiger partial charge in [0.15, 0.2) is 0 Å². The van der Waals surface area contributed by atoms with E-state index in [0.29, 0.717) is 5.69 Å².